The van der Waals surface area contributed by atoms with E-state index in [1.165, 1.54) is 23.6 Å². The van der Waals surface area contributed by atoms with Gasteiger partial charge in [-0.05, 0) is 49.7 Å². The topological polar surface area (TPSA) is 159 Å². The van der Waals surface area contributed by atoms with Crippen LogP contribution in [0.25, 0.3) is 0 Å². The van der Waals surface area contributed by atoms with Gasteiger partial charge in [0.15, 0.2) is 20.0 Å². The summed E-state index contributed by atoms with van der Waals surface area (Å²) >= 11 is 1.22. The second-order valence-electron chi connectivity index (χ2n) is 10.8. The molecule has 2 heterocycles. The van der Waals surface area contributed by atoms with Crippen molar-refractivity contribution in [1.29, 1.82) is 0 Å². The van der Waals surface area contributed by atoms with E-state index < -0.39 is 39.7 Å². The Morgan fingerprint density at radius 2 is 1.90 bits per heavy atom. The Labute approximate surface area is 246 Å². The molecule has 1 aliphatic carbocycles. The highest BCUT2D eigenvalue weighted by Crippen LogP contribution is 2.34. The van der Waals surface area contributed by atoms with E-state index in [0.717, 1.165) is 25.7 Å². The molecular weight excluding hydrogens is 566 g/mol. The number of carbonyl (C=O) groups is 3. The minimum Gasteiger partial charge on any atom is -0.344 e. The zero-order valence-corrected chi connectivity index (χ0v) is 25.3. The lowest BCUT2D eigenvalue weighted by Gasteiger charge is -2.35. The molecule has 0 bridgehead atoms. The van der Waals surface area contributed by atoms with Gasteiger partial charge in [-0.3, -0.25) is 19.6 Å². The summed E-state index contributed by atoms with van der Waals surface area (Å²) in [6, 6.07) is 2.84. The summed E-state index contributed by atoms with van der Waals surface area (Å²) in [5.74, 6) is -1.08. The molecule has 3 N–H and O–H groups in total. The van der Waals surface area contributed by atoms with E-state index in [1.54, 1.807) is 23.7 Å². The van der Waals surface area contributed by atoms with E-state index in [4.69, 9.17) is 0 Å². The maximum atomic E-state index is 13.8. The lowest BCUT2D eigenvalue weighted by atomic mass is 9.76. The van der Waals surface area contributed by atoms with Gasteiger partial charge in [-0.2, -0.15) is 0 Å². The minimum atomic E-state index is -3.68. The minimum absolute atomic E-state index is 0.0472. The van der Waals surface area contributed by atoms with Crippen LogP contribution in [0.4, 0.5) is 5.13 Å². The molecule has 3 rings (SSSR count). The van der Waals surface area contributed by atoms with E-state index in [0.29, 0.717) is 41.8 Å². The maximum Gasteiger partial charge on any atom is 0.248 e. The highest BCUT2D eigenvalue weighted by molar-refractivity contribution is 7.91. The highest BCUT2D eigenvalue weighted by atomic mass is 32.2. The quantitative estimate of drug-likeness (QED) is 0.146. The monoisotopic (exact) mass is 607 g/mol. The van der Waals surface area contributed by atoms with E-state index in [2.05, 4.69) is 27.5 Å². The molecule has 41 heavy (non-hydrogen) atoms. The summed E-state index contributed by atoms with van der Waals surface area (Å²) in [7, 11) is -3.68. The van der Waals surface area contributed by atoms with Crippen molar-refractivity contribution in [3.05, 3.63) is 36.0 Å². The van der Waals surface area contributed by atoms with Crippen LogP contribution in [-0.2, 0) is 24.2 Å². The van der Waals surface area contributed by atoms with E-state index >= 15 is 0 Å². The van der Waals surface area contributed by atoms with Gasteiger partial charge in [-0.25, -0.2) is 23.4 Å². The molecule has 0 aromatic carbocycles. The zero-order chi connectivity index (χ0) is 29.8. The number of nitrogens with one attached hydrogen (secondary N) is 2. The van der Waals surface area contributed by atoms with Gasteiger partial charge in [0.1, 0.15) is 6.04 Å². The molecule has 3 atom stereocenters. The van der Waals surface area contributed by atoms with E-state index in [9.17, 15) is 28.0 Å². The average Bonchev–Trinajstić information content (AvgIpc) is 3.48. The van der Waals surface area contributed by atoms with Gasteiger partial charge in [0.05, 0.1) is 17.7 Å². The Hall–Kier alpha value is -2.90. The van der Waals surface area contributed by atoms with Crippen molar-refractivity contribution in [3.63, 3.8) is 0 Å². The number of rotatable bonds is 16. The molecule has 0 unspecified atom stereocenters. The number of aromatic nitrogens is 2. The number of pyridine rings is 1. The van der Waals surface area contributed by atoms with Gasteiger partial charge in [-0.1, -0.05) is 52.0 Å². The van der Waals surface area contributed by atoms with Crippen LogP contribution in [0.2, 0.25) is 0 Å². The van der Waals surface area contributed by atoms with Gasteiger partial charge in [-0.15, -0.1) is 11.3 Å². The first-order valence-corrected chi connectivity index (χ1v) is 16.7. The van der Waals surface area contributed by atoms with Crippen molar-refractivity contribution in [2.75, 3.05) is 11.1 Å². The van der Waals surface area contributed by atoms with Gasteiger partial charge in [0.2, 0.25) is 18.2 Å². The average molecular weight is 608 g/mol. The number of amides is 3. The first kappa shape index (κ1) is 32.6. The molecule has 2 aromatic heterocycles. The van der Waals surface area contributed by atoms with Crippen LogP contribution in [0.5, 0.6) is 0 Å². The van der Waals surface area contributed by atoms with Crippen LogP contribution in [0.15, 0.2) is 41.0 Å². The van der Waals surface area contributed by atoms with Crippen LogP contribution in [-0.4, -0.2) is 64.7 Å². The van der Waals surface area contributed by atoms with E-state index in [-0.39, 0.29) is 29.5 Å². The molecule has 0 spiro atoms. The maximum absolute atomic E-state index is 13.8. The van der Waals surface area contributed by atoms with Crippen molar-refractivity contribution < 1.29 is 28.0 Å². The summed E-state index contributed by atoms with van der Waals surface area (Å²) in [6.07, 6.45) is 8.95. The SMILES string of the molecule is CCC[C@@H]([C@@H](CC1CCC(C)CC1)C(=O)N[C@@H](CCCS(=O)(=O)c1ccccn1)C(=O)Nc1nccs1)N(O)C=O. The number of hydrogen-bond acceptors (Lipinski definition) is 9. The Balaban J connectivity index is 1.79. The summed E-state index contributed by atoms with van der Waals surface area (Å²) < 4.78 is 25.5. The number of carbonyl (C=O) groups excluding carboxylic acids is 3. The number of hydroxylamine groups is 2. The number of nitrogens with zero attached hydrogens (tertiary/aromatic N) is 3. The molecule has 1 saturated carbocycles. The lowest BCUT2D eigenvalue weighted by Crippen LogP contribution is -2.51. The molecule has 0 saturated heterocycles. The fraction of sp³-hybridized carbons (Fsp3) is 0.607. The van der Waals surface area contributed by atoms with Gasteiger partial charge in [0.25, 0.3) is 0 Å². The molecular formula is C28H41N5O6S2. The second kappa shape index (κ2) is 15.9. The van der Waals surface area contributed by atoms with Crippen molar-refractivity contribution in [1.82, 2.24) is 20.3 Å². The summed E-state index contributed by atoms with van der Waals surface area (Å²) in [6.45, 7) is 4.12. The van der Waals surface area contributed by atoms with Crippen molar-refractivity contribution in [3.8, 4) is 0 Å². The molecule has 226 valence electrons. The second-order valence-corrected chi connectivity index (χ2v) is 13.8. The molecule has 13 heteroatoms. The largest absolute Gasteiger partial charge is 0.344 e. The van der Waals surface area contributed by atoms with Crippen LogP contribution in [0.3, 0.4) is 0 Å². The summed E-state index contributed by atoms with van der Waals surface area (Å²) in [5.41, 5.74) is 0. The normalized spacial score (nSPS) is 19.5. The Bertz CT molecular complexity index is 1200. The third kappa shape index (κ3) is 9.86. The predicted octanol–water partition coefficient (Wildman–Crippen LogP) is 4.06. The van der Waals surface area contributed by atoms with Crippen LogP contribution in [0, 0.1) is 17.8 Å². The Morgan fingerprint density at radius 1 is 1.15 bits per heavy atom. The Morgan fingerprint density at radius 3 is 2.51 bits per heavy atom. The number of sulfone groups is 1. The van der Waals surface area contributed by atoms with Gasteiger partial charge in [0, 0.05) is 17.8 Å². The Kier molecular flexibility index (Phi) is 12.7. The molecule has 1 aliphatic rings. The third-order valence-corrected chi connectivity index (χ3v) is 10.1. The number of thiazole rings is 1. The van der Waals surface area contributed by atoms with Crippen molar-refractivity contribution >= 4 is 44.5 Å². The first-order valence-electron chi connectivity index (χ1n) is 14.2. The fourth-order valence-electron chi connectivity index (χ4n) is 5.39. The lowest BCUT2D eigenvalue weighted by molar-refractivity contribution is -0.170. The van der Waals surface area contributed by atoms with Crippen LogP contribution < -0.4 is 10.6 Å². The van der Waals surface area contributed by atoms with E-state index in [1.807, 2.05) is 6.92 Å². The molecule has 0 aliphatic heterocycles. The molecule has 2 aromatic rings. The predicted molar refractivity (Wildman–Crippen MR) is 156 cm³/mol. The van der Waals surface area contributed by atoms with Crippen molar-refractivity contribution in [2.24, 2.45) is 17.8 Å². The van der Waals surface area contributed by atoms with Crippen LogP contribution in [0.1, 0.15) is 71.6 Å². The zero-order valence-electron chi connectivity index (χ0n) is 23.6. The smallest absolute Gasteiger partial charge is 0.248 e. The standard InChI is InChI=1S/C28H41N5O6S2/c1-3-7-24(33(37)19-34)22(18-21-12-10-20(2)11-13-21)26(35)31-23(27(36)32-28-30-15-16-40-28)8-6-17-41(38,39)25-9-4-5-14-29-25/h4-5,9,14-16,19-24,37H,3,6-8,10-13,17-18H2,1-2H3,(H,31,35)(H,30,32,36)/t20?,21?,22-,23+,24+/m1/s1. The van der Waals surface area contributed by atoms with Crippen molar-refractivity contribution in [2.45, 2.75) is 88.7 Å². The van der Waals surface area contributed by atoms with Gasteiger partial charge < -0.3 is 10.6 Å². The fourth-order valence-corrected chi connectivity index (χ4v) is 7.19. The first-order chi connectivity index (χ1) is 19.6. The molecule has 11 nitrogen and oxygen atoms in total. The molecule has 0 radical (unpaired) electrons. The summed E-state index contributed by atoms with van der Waals surface area (Å²) in [4.78, 5) is 46.7. The van der Waals surface area contributed by atoms with Gasteiger partial charge >= 0.3 is 0 Å². The summed E-state index contributed by atoms with van der Waals surface area (Å²) in [5, 5.41) is 18.5. The molecule has 3 amide bonds. The van der Waals surface area contributed by atoms with Crippen LogP contribution >= 0.6 is 11.3 Å². The highest BCUT2D eigenvalue weighted by Gasteiger charge is 2.36. The number of anilines is 1. The number of hydrogen-bond donors (Lipinski definition) is 3. The molecule has 1 fully saturated rings. The third-order valence-electron chi connectivity index (χ3n) is 7.71.